The van der Waals surface area contributed by atoms with Crippen LogP contribution < -0.4 is 15.4 Å². The summed E-state index contributed by atoms with van der Waals surface area (Å²) in [5.74, 6) is 0.913. The van der Waals surface area contributed by atoms with Crippen LogP contribution in [0.3, 0.4) is 0 Å². The largest absolute Gasteiger partial charge is 0.494 e. The second-order valence-corrected chi connectivity index (χ2v) is 8.59. The highest BCUT2D eigenvalue weighted by Gasteiger charge is 2.15. The summed E-state index contributed by atoms with van der Waals surface area (Å²) in [6, 6.07) is 18.0. The molecule has 1 aromatic heterocycles. The molecule has 6 nitrogen and oxygen atoms in total. The van der Waals surface area contributed by atoms with Gasteiger partial charge in [-0.3, -0.25) is 10.1 Å². The number of carbonyl (C=O) groups is 1. The number of thiocarbonyl (C=S) groups is 1. The number of halogens is 1. The van der Waals surface area contributed by atoms with E-state index in [1.165, 1.54) is 0 Å². The highest BCUT2D eigenvalue weighted by Crippen LogP contribution is 2.31. The van der Waals surface area contributed by atoms with Crippen molar-refractivity contribution in [2.75, 3.05) is 11.9 Å². The molecule has 34 heavy (non-hydrogen) atoms. The Hall–Kier alpha value is -3.42. The SMILES string of the molecule is CCCCOc1ccc(C(=O)NC(=S)Nc2cccc(-c3nc4cc(Cl)ccc4o3)c2C)cc1. The first-order chi connectivity index (χ1) is 16.4. The second-order valence-electron chi connectivity index (χ2n) is 7.74. The van der Waals surface area contributed by atoms with E-state index in [1.54, 1.807) is 42.5 Å². The molecule has 0 aliphatic carbocycles. The van der Waals surface area contributed by atoms with E-state index in [9.17, 15) is 4.79 Å². The number of nitrogens with zero attached hydrogens (tertiary/aromatic N) is 1. The Bertz CT molecular complexity index is 1340. The lowest BCUT2D eigenvalue weighted by Gasteiger charge is -2.13. The molecular weight excluding hydrogens is 470 g/mol. The number of nitrogens with one attached hydrogen (secondary N) is 2. The zero-order chi connectivity index (χ0) is 24.1. The Morgan fingerprint density at radius 2 is 1.94 bits per heavy atom. The van der Waals surface area contributed by atoms with Gasteiger partial charge in [0.05, 0.1) is 6.61 Å². The van der Waals surface area contributed by atoms with Crippen LogP contribution in [0.1, 0.15) is 35.7 Å². The van der Waals surface area contributed by atoms with Gasteiger partial charge in [-0.15, -0.1) is 0 Å². The molecule has 8 heteroatoms. The predicted molar refractivity (Wildman–Crippen MR) is 140 cm³/mol. The lowest BCUT2D eigenvalue weighted by atomic mass is 10.1. The van der Waals surface area contributed by atoms with Crippen molar-refractivity contribution < 1.29 is 13.9 Å². The van der Waals surface area contributed by atoms with Crippen LogP contribution in [0, 0.1) is 6.92 Å². The number of anilines is 1. The van der Waals surface area contributed by atoms with Crippen molar-refractivity contribution in [3.63, 3.8) is 0 Å². The number of rotatable bonds is 7. The number of amides is 1. The molecule has 1 amide bonds. The molecule has 0 spiro atoms. The maximum absolute atomic E-state index is 12.6. The number of benzene rings is 3. The third kappa shape index (κ3) is 5.55. The van der Waals surface area contributed by atoms with Gasteiger partial charge in [0.1, 0.15) is 11.3 Å². The molecular formula is C26H24ClN3O3S. The monoisotopic (exact) mass is 493 g/mol. The number of hydrogen-bond acceptors (Lipinski definition) is 5. The molecule has 0 saturated heterocycles. The fraction of sp³-hybridized carbons (Fsp3) is 0.192. The Balaban J connectivity index is 1.43. The van der Waals surface area contributed by atoms with E-state index >= 15 is 0 Å². The van der Waals surface area contributed by atoms with Crippen molar-refractivity contribution in [2.45, 2.75) is 26.7 Å². The van der Waals surface area contributed by atoms with Gasteiger partial charge in [-0.05, 0) is 85.7 Å². The Kier molecular flexibility index (Phi) is 7.45. The highest BCUT2D eigenvalue weighted by atomic mass is 35.5. The molecule has 1 heterocycles. The van der Waals surface area contributed by atoms with Gasteiger partial charge in [0, 0.05) is 21.8 Å². The van der Waals surface area contributed by atoms with Crippen LogP contribution in [0.2, 0.25) is 5.02 Å². The highest BCUT2D eigenvalue weighted by molar-refractivity contribution is 7.80. The summed E-state index contributed by atoms with van der Waals surface area (Å²) < 4.78 is 11.5. The van der Waals surface area contributed by atoms with E-state index in [-0.39, 0.29) is 11.0 Å². The zero-order valence-corrected chi connectivity index (χ0v) is 20.4. The average Bonchev–Trinajstić information content (AvgIpc) is 3.24. The van der Waals surface area contributed by atoms with Crippen molar-refractivity contribution >= 4 is 51.6 Å². The Labute approximate surface area is 208 Å². The third-order valence-electron chi connectivity index (χ3n) is 5.27. The van der Waals surface area contributed by atoms with E-state index in [0.29, 0.717) is 34.2 Å². The molecule has 0 saturated carbocycles. The quantitative estimate of drug-likeness (QED) is 0.219. The first-order valence-corrected chi connectivity index (χ1v) is 11.7. The van der Waals surface area contributed by atoms with E-state index in [1.807, 2.05) is 25.1 Å². The van der Waals surface area contributed by atoms with Gasteiger partial charge in [0.15, 0.2) is 10.7 Å². The average molecular weight is 494 g/mol. The van der Waals surface area contributed by atoms with Crippen molar-refractivity contribution in [1.29, 1.82) is 0 Å². The smallest absolute Gasteiger partial charge is 0.257 e. The van der Waals surface area contributed by atoms with Crippen LogP contribution in [0.15, 0.2) is 65.1 Å². The molecule has 0 aliphatic rings. The van der Waals surface area contributed by atoms with Crippen LogP contribution in [-0.4, -0.2) is 22.6 Å². The summed E-state index contributed by atoms with van der Waals surface area (Å²) in [6.07, 6.45) is 2.06. The predicted octanol–water partition coefficient (Wildman–Crippen LogP) is 6.76. The van der Waals surface area contributed by atoms with Crippen LogP contribution in [0.25, 0.3) is 22.6 Å². The number of aromatic nitrogens is 1. The first kappa shape index (κ1) is 23.7. The minimum Gasteiger partial charge on any atom is -0.494 e. The molecule has 0 aliphatic heterocycles. The van der Waals surface area contributed by atoms with Gasteiger partial charge in [-0.25, -0.2) is 4.98 Å². The molecule has 0 atom stereocenters. The van der Waals surface area contributed by atoms with E-state index in [0.717, 1.165) is 35.4 Å². The van der Waals surface area contributed by atoms with Gasteiger partial charge < -0.3 is 14.5 Å². The van der Waals surface area contributed by atoms with Crippen LogP contribution in [0.4, 0.5) is 5.69 Å². The third-order valence-corrected chi connectivity index (χ3v) is 5.71. The maximum atomic E-state index is 12.6. The normalized spacial score (nSPS) is 10.8. The molecule has 0 radical (unpaired) electrons. The molecule has 4 aromatic rings. The molecule has 174 valence electrons. The van der Waals surface area contributed by atoms with Crippen molar-refractivity contribution in [2.24, 2.45) is 0 Å². The number of ether oxygens (including phenoxy) is 1. The van der Waals surface area contributed by atoms with E-state index < -0.39 is 0 Å². The van der Waals surface area contributed by atoms with Crippen LogP contribution >= 0.6 is 23.8 Å². The number of unbranched alkanes of at least 4 members (excludes halogenated alkanes) is 1. The first-order valence-electron chi connectivity index (χ1n) is 11.0. The molecule has 2 N–H and O–H groups in total. The van der Waals surface area contributed by atoms with Gasteiger partial charge in [0.2, 0.25) is 5.89 Å². The summed E-state index contributed by atoms with van der Waals surface area (Å²) in [7, 11) is 0. The van der Waals surface area contributed by atoms with Crippen LogP contribution in [0.5, 0.6) is 5.75 Å². The molecule has 3 aromatic carbocycles. The molecule has 4 rings (SSSR count). The van der Waals surface area contributed by atoms with E-state index in [4.69, 9.17) is 33.0 Å². The van der Waals surface area contributed by atoms with Crippen molar-refractivity contribution in [3.8, 4) is 17.2 Å². The number of fused-ring (bicyclic) bond motifs is 1. The summed E-state index contributed by atoms with van der Waals surface area (Å²) in [6.45, 7) is 4.70. The fourth-order valence-electron chi connectivity index (χ4n) is 3.38. The second kappa shape index (κ2) is 10.7. The van der Waals surface area contributed by atoms with Crippen LogP contribution in [-0.2, 0) is 0 Å². The topological polar surface area (TPSA) is 76.4 Å². The van der Waals surface area contributed by atoms with Gasteiger partial charge >= 0.3 is 0 Å². The van der Waals surface area contributed by atoms with Gasteiger partial charge in [0.25, 0.3) is 5.91 Å². The fourth-order valence-corrected chi connectivity index (χ4v) is 3.75. The summed E-state index contributed by atoms with van der Waals surface area (Å²) in [4.78, 5) is 17.2. The number of hydrogen-bond donors (Lipinski definition) is 2. The minimum absolute atomic E-state index is 0.192. The Morgan fingerprint density at radius 1 is 1.15 bits per heavy atom. The standard InChI is InChI=1S/C26H24ClN3O3S/c1-3-4-14-32-19-11-8-17(9-12-19)24(31)30-26(34)29-21-7-5-6-20(16(21)2)25-28-22-15-18(27)10-13-23(22)33-25/h5-13,15H,3-4,14H2,1-2H3,(H2,29,30,31,34). The number of carbonyl (C=O) groups excluding carboxylic acids is 1. The van der Waals surface area contributed by atoms with Gasteiger partial charge in [-0.1, -0.05) is 31.0 Å². The van der Waals surface area contributed by atoms with E-state index in [2.05, 4.69) is 22.5 Å². The maximum Gasteiger partial charge on any atom is 0.257 e. The molecule has 0 unspecified atom stereocenters. The van der Waals surface area contributed by atoms with Gasteiger partial charge in [-0.2, -0.15) is 0 Å². The summed E-state index contributed by atoms with van der Waals surface area (Å²) >= 11 is 11.4. The lowest BCUT2D eigenvalue weighted by Crippen LogP contribution is -2.34. The Morgan fingerprint density at radius 3 is 2.71 bits per heavy atom. The minimum atomic E-state index is -0.303. The summed E-state index contributed by atoms with van der Waals surface area (Å²) in [5.41, 5.74) is 4.26. The number of oxazole rings is 1. The lowest BCUT2D eigenvalue weighted by molar-refractivity contribution is 0.0977. The summed E-state index contributed by atoms with van der Waals surface area (Å²) in [5, 5.41) is 6.60. The van der Waals surface area contributed by atoms with Crippen molar-refractivity contribution in [1.82, 2.24) is 10.3 Å². The zero-order valence-electron chi connectivity index (χ0n) is 18.9. The molecule has 0 bridgehead atoms. The van der Waals surface area contributed by atoms with Crippen molar-refractivity contribution in [3.05, 3.63) is 76.8 Å². The molecule has 0 fully saturated rings.